The molecule has 0 bridgehead atoms. The molecule has 1 amide bonds. The highest BCUT2D eigenvalue weighted by Gasteiger charge is 2.25. The third-order valence-corrected chi connectivity index (χ3v) is 5.12. The van der Waals surface area contributed by atoms with Gasteiger partial charge in [0.1, 0.15) is 18.2 Å². The smallest absolute Gasteiger partial charge is 0.260 e. The van der Waals surface area contributed by atoms with Gasteiger partial charge in [0.2, 0.25) is 10.0 Å². The maximum atomic E-state index is 13.8. The molecule has 0 atom stereocenters. The normalized spacial score (nSPS) is 13.8. The van der Waals surface area contributed by atoms with E-state index in [4.69, 9.17) is 16.3 Å². The molecule has 1 heterocycles. The van der Waals surface area contributed by atoms with E-state index >= 15 is 0 Å². The van der Waals surface area contributed by atoms with Gasteiger partial charge in [-0.25, -0.2) is 12.8 Å². The van der Waals surface area contributed by atoms with Gasteiger partial charge < -0.3 is 10.1 Å². The van der Waals surface area contributed by atoms with Crippen molar-refractivity contribution in [1.29, 1.82) is 0 Å². The number of halogens is 2. The Balaban J connectivity index is 1.89. The second kappa shape index (κ2) is 6.53. The number of benzene rings is 2. The molecule has 3 rings (SSSR count). The Kier molecular flexibility index (Phi) is 4.57. The molecule has 0 saturated heterocycles. The van der Waals surface area contributed by atoms with Crippen molar-refractivity contribution in [2.45, 2.75) is 0 Å². The predicted octanol–water partition coefficient (Wildman–Crippen LogP) is 2.89. The molecule has 9 heteroatoms. The summed E-state index contributed by atoms with van der Waals surface area (Å²) in [5.41, 5.74) is 0.453. The molecule has 1 N–H and O–H groups in total. The molecule has 0 unspecified atom stereocenters. The molecule has 25 heavy (non-hydrogen) atoms. The summed E-state index contributed by atoms with van der Waals surface area (Å²) in [6, 6.07) is 8.48. The molecular weight excluding hydrogens is 371 g/mol. The number of ether oxygens (including phenoxy) is 1. The maximum Gasteiger partial charge on any atom is 0.260 e. The fraction of sp³-hybridized carbons (Fsp3) is 0.188. The third kappa shape index (κ3) is 3.54. The summed E-state index contributed by atoms with van der Waals surface area (Å²) in [4.78, 5) is 12.3. The average Bonchev–Trinajstić information content (AvgIpc) is 2.53. The summed E-state index contributed by atoms with van der Waals surface area (Å²) < 4.78 is 44.1. The van der Waals surface area contributed by atoms with Gasteiger partial charge in [-0.3, -0.25) is 9.10 Å². The van der Waals surface area contributed by atoms with E-state index in [-0.39, 0.29) is 23.7 Å². The van der Waals surface area contributed by atoms with Gasteiger partial charge in [0.05, 0.1) is 29.1 Å². The van der Waals surface area contributed by atoms with E-state index in [2.05, 4.69) is 5.32 Å². The van der Waals surface area contributed by atoms with Crippen LogP contribution < -0.4 is 14.4 Å². The molecule has 1 aliphatic heterocycles. The molecular formula is C16H14ClFN2O4S. The minimum absolute atomic E-state index is 0.00467. The monoisotopic (exact) mass is 384 g/mol. The molecule has 0 radical (unpaired) electrons. The highest BCUT2D eigenvalue weighted by molar-refractivity contribution is 7.92. The first-order valence-corrected chi connectivity index (χ1v) is 9.50. The van der Waals surface area contributed by atoms with Crippen LogP contribution in [0.15, 0.2) is 36.4 Å². The Hall–Kier alpha value is -2.32. The lowest BCUT2D eigenvalue weighted by Gasteiger charge is -2.29. The second-order valence-corrected chi connectivity index (χ2v) is 7.73. The molecule has 1 aliphatic rings. The van der Waals surface area contributed by atoms with E-state index in [0.717, 1.165) is 12.3 Å². The zero-order valence-corrected chi connectivity index (χ0v) is 14.7. The number of amides is 1. The number of fused-ring (bicyclic) bond motifs is 1. The number of hydrogen-bond donors (Lipinski definition) is 1. The van der Waals surface area contributed by atoms with Crippen LogP contribution in [0.5, 0.6) is 5.75 Å². The van der Waals surface area contributed by atoms with Crippen molar-refractivity contribution in [3.63, 3.8) is 0 Å². The molecule has 6 nitrogen and oxygen atoms in total. The SMILES string of the molecule is CS(=O)(=O)N1CCOc2cc(NC(=O)c3c(F)cccc3Cl)ccc21. The summed E-state index contributed by atoms with van der Waals surface area (Å²) in [5.74, 6) is -1.13. The highest BCUT2D eigenvalue weighted by Crippen LogP contribution is 2.35. The minimum atomic E-state index is -3.43. The van der Waals surface area contributed by atoms with Crippen molar-refractivity contribution in [2.24, 2.45) is 0 Å². The molecule has 132 valence electrons. The number of carbonyl (C=O) groups excluding carboxylic acids is 1. The summed E-state index contributed by atoms with van der Waals surface area (Å²) in [5, 5.41) is 2.53. The van der Waals surface area contributed by atoms with Crippen LogP contribution in [-0.2, 0) is 10.0 Å². The molecule has 0 aromatic heterocycles. The fourth-order valence-electron chi connectivity index (χ4n) is 2.53. The lowest BCUT2D eigenvalue weighted by molar-refractivity contribution is 0.102. The maximum absolute atomic E-state index is 13.8. The highest BCUT2D eigenvalue weighted by atomic mass is 35.5. The van der Waals surface area contributed by atoms with Crippen LogP contribution in [0.2, 0.25) is 5.02 Å². The van der Waals surface area contributed by atoms with Crippen LogP contribution in [-0.4, -0.2) is 33.7 Å². The van der Waals surface area contributed by atoms with Crippen LogP contribution in [0.1, 0.15) is 10.4 Å². The van der Waals surface area contributed by atoms with Gasteiger partial charge in [-0.05, 0) is 24.3 Å². The molecule has 0 spiro atoms. The molecule has 0 aliphatic carbocycles. The zero-order chi connectivity index (χ0) is 18.2. The summed E-state index contributed by atoms with van der Waals surface area (Å²) >= 11 is 5.88. The zero-order valence-electron chi connectivity index (χ0n) is 13.1. The first-order chi connectivity index (χ1) is 11.8. The van der Waals surface area contributed by atoms with Gasteiger partial charge in [-0.1, -0.05) is 17.7 Å². The van der Waals surface area contributed by atoms with Crippen LogP contribution >= 0.6 is 11.6 Å². The van der Waals surface area contributed by atoms with Crippen LogP contribution in [0.4, 0.5) is 15.8 Å². The Bertz CT molecular complexity index is 929. The van der Waals surface area contributed by atoms with E-state index in [1.807, 2.05) is 0 Å². The molecule has 2 aromatic carbocycles. The topological polar surface area (TPSA) is 75.7 Å². The quantitative estimate of drug-likeness (QED) is 0.882. The van der Waals surface area contributed by atoms with E-state index in [1.54, 1.807) is 0 Å². The summed E-state index contributed by atoms with van der Waals surface area (Å²) in [7, 11) is -3.43. The predicted molar refractivity (Wildman–Crippen MR) is 93.5 cm³/mol. The van der Waals surface area contributed by atoms with Gasteiger partial charge in [0.25, 0.3) is 5.91 Å². The van der Waals surface area contributed by atoms with E-state index in [0.29, 0.717) is 17.1 Å². The number of sulfonamides is 1. The van der Waals surface area contributed by atoms with Gasteiger partial charge in [0, 0.05) is 11.8 Å². The van der Waals surface area contributed by atoms with Crippen molar-refractivity contribution in [3.05, 3.63) is 52.8 Å². The third-order valence-electron chi connectivity index (χ3n) is 3.63. The lowest BCUT2D eigenvalue weighted by atomic mass is 10.2. The molecule has 0 saturated carbocycles. The standard InChI is InChI=1S/C16H14ClFN2O4S/c1-25(22,23)20-7-8-24-14-9-10(5-6-13(14)20)19-16(21)15-11(17)3-2-4-12(15)18/h2-6,9H,7-8H2,1H3,(H,19,21). The van der Waals surface area contributed by atoms with Crippen molar-refractivity contribution in [2.75, 3.05) is 29.0 Å². The first-order valence-electron chi connectivity index (χ1n) is 7.27. The number of hydrogen-bond acceptors (Lipinski definition) is 4. The van der Waals surface area contributed by atoms with E-state index in [9.17, 15) is 17.6 Å². The molecule has 2 aromatic rings. The fourth-order valence-corrected chi connectivity index (χ4v) is 3.69. The van der Waals surface area contributed by atoms with E-state index in [1.165, 1.54) is 34.6 Å². The molecule has 0 fully saturated rings. The average molecular weight is 385 g/mol. The summed E-state index contributed by atoms with van der Waals surface area (Å²) in [6.45, 7) is 0.402. The Morgan fingerprint density at radius 2 is 2.08 bits per heavy atom. The van der Waals surface area contributed by atoms with Crippen molar-refractivity contribution >= 4 is 38.9 Å². The van der Waals surface area contributed by atoms with Crippen LogP contribution in [0.3, 0.4) is 0 Å². The number of nitrogens with zero attached hydrogens (tertiary/aromatic N) is 1. The largest absolute Gasteiger partial charge is 0.489 e. The second-order valence-electron chi connectivity index (χ2n) is 5.42. The van der Waals surface area contributed by atoms with Gasteiger partial charge in [0.15, 0.2) is 0 Å². The van der Waals surface area contributed by atoms with E-state index < -0.39 is 21.7 Å². The lowest BCUT2D eigenvalue weighted by Crippen LogP contribution is -2.37. The van der Waals surface area contributed by atoms with Crippen molar-refractivity contribution in [1.82, 2.24) is 0 Å². The Labute approximate surface area is 149 Å². The minimum Gasteiger partial charge on any atom is -0.489 e. The summed E-state index contributed by atoms with van der Waals surface area (Å²) in [6.07, 6.45) is 1.11. The number of rotatable bonds is 3. The Morgan fingerprint density at radius 3 is 2.76 bits per heavy atom. The van der Waals surface area contributed by atoms with Crippen molar-refractivity contribution in [3.8, 4) is 5.75 Å². The Morgan fingerprint density at radius 1 is 1.32 bits per heavy atom. The van der Waals surface area contributed by atoms with Crippen LogP contribution in [0.25, 0.3) is 0 Å². The number of anilines is 2. The first kappa shape index (κ1) is 17.5. The van der Waals surface area contributed by atoms with Crippen molar-refractivity contribution < 1.29 is 22.3 Å². The van der Waals surface area contributed by atoms with Crippen LogP contribution in [0, 0.1) is 5.82 Å². The number of nitrogens with one attached hydrogen (secondary N) is 1. The van der Waals surface area contributed by atoms with Gasteiger partial charge >= 0.3 is 0 Å². The van der Waals surface area contributed by atoms with Gasteiger partial charge in [-0.15, -0.1) is 0 Å². The number of carbonyl (C=O) groups is 1. The van der Waals surface area contributed by atoms with Gasteiger partial charge in [-0.2, -0.15) is 0 Å².